The molecule has 2 saturated heterocycles. The highest BCUT2D eigenvalue weighted by Crippen LogP contribution is 2.37. The summed E-state index contributed by atoms with van der Waals surface area (Å²) >= 11 is 0. The summed E-state index contributed by atoms with van der Waals surface area (Å²) in [6.45, 7) is 0.963. The van der Waals surface area contributed by atoms with Crippen LogP contribution in [0.3, 0.4) is 0 Å². The van der Waals surface area contributed by atoms with Crippen molar-refractivity contribution in [3.8, 4) is 0 Å². The third-order valence-corrected chi connectivity index (χ3v) is 5.46. The number of anilines is 1. The predicted molar refractivity (Wildman–Crippen MR) is 97.0 cm³/mol. The maximum absolute atomic E-state index is 13.1. The molecule has 0 unspecified atom stereocenters. The lowest BCUT2D eigenvalue weighted by Gasteiger charge is -2.30. The van der Waals surface area contributed by atoms with Gasteiger partial charge in [0, 0.05) is 38.4 Å². The Morgan fingerprint density at radius 1 is 1.11 bits per heavy atom. The highest BCUT2D eigenvalue weighted by molar-refractivity contribution is 5.78. The number of para-hydroxylation sites is 1. The third kappa shape index (κ3) is 4.51. The minimum absolute atomic E-state index is 0.177. The zero-order chi connectivity index (χ0) is 20.3. The number of amides is 2. The highest BCUT2D eigenvalue weighted by atomic mass is 19.4. The van der Waals surface area contributed by atoms with Gasteiger partial charge in [0.25, 0.3) is 0 Å². The van der Waals surface area contributed by atoms with Crippen LogP contribution in [0.15, 0.2) is 24.3 Å². The molecule has 0 saturated carbocycles. The van der Waals surface area contributed by atoms with Gasteiger partial charge in [0.05, 0.1) is 11.8 Å². The van der Waals surface area contributed by atoms with Crippen LogP contribution in [0, 0.1) is 11.8 Å². The Kier molecular flexibility index (Phi) is 6.00. The maximum atomic E-state index is 13.1. The SMILES string of the molecule is O=C(O)[C@@H]1CN(C(=O)NCc2ccccc2N2CCCCC2)C[C@H]1C(F)(F)F. The second-order valence-electron chi connectivity index (χ2n) is 7.33. The number of hydrogen-bond donors (Lipinski definition) is 2. The van der Waals surface area contributed by atoms with Gasteiger partial charge < -0.3 is 20.2 Å². The molecule has 6 nitrogen and oxygen atoms in total. The van der Waals surface area contributed by atoms with Crippen LogP contribution < -0.4 is 10.2 Å². The Morgan fingerprint density at radius 2 is 1.79 bits per heavy atom. The molecule has 2 aliphatic heterocycles. The van der Waals surface area contributed by atoms with E-state index in [9.17, 15) is 22.8 Å². The van der Waals surface area contributed by atoms with Gasteiger partial charge in [0.2, 0.25) is 0 Å². The van der Waals surface area contributed by atoms with Crippen molar-refractivity contribution in [2.45, 2.75) is 32.0 Å². The molecule has 2 fully saturated rings. The number of hydrogen-bond acceptors (Lipinski definition) is 3. The number of carboxylic acid groups (broad SMARTS) is 1. The number of likely N-dealkylation sites (tertiary alicyclic amines) is 1. The van der Waals surface area contributed by atoms with Crippen molar-refractivity contribution in [2.24, 2.45) is 11.8 Å². The molecular formula is C19H24F3N3O3. The molecule has 2 atom stereocenters. The molecule has 2 aliphatic rings. The van der Waals surface area contributed by atoms with E-state index in [1.807, 2.05) is 24.3 Å². The molecule has 1 aromatic carbocycles. The first-order valence-electron chi connectivity index (χ1n) is 9.42. The number of piperidine rings is 1. The second-order valence-corrected chi connectivity index (χ2v) is 7.33. The van der Waals surface area contributed by atoms with Crippen LogP contribution in [-0.4, -0.2) is 54.4 Å². The summed E-state index contributed by atoms with van der Waals surface area (Å²) in [7, 11) is 0. The summed E-state index contributed by atoms with van der Waals surface area (Å²) in [4.78, 5) is 26.7. The predicted octanol–water partition coefficient (Wildman–Crippen LogP) is 3.08. The van der Waals surface area contributed by atoms with Crippen molar-refractivity contribution in [3.05, 3.63) is 29.8 Å². The summed E-state index contributed by atoms with van der Waals surface area (Å²) in [6, 6.07) is 6.95. The van der Waals surface area contributed by atoms with Crippen molar-refractivity contribution >= 4 is 17.7 Å². The lowest BCUT2D eigenvalue weighted by atomic mass is 9.96. The van der Waals surface area contributed by atoms with Crippen LogP contribution in [0.25, 0.3) is 0 Å². The number of nitrogens with zero attached hydrogens (tertiary/aromatic N) is 2. The quantitative estimate of drug-likeness (QED) is 0.816. The minimum Gasteiger partial charge on any atom is -0.481 e. The lowest BCUT2D eigenvalue weighted by molar-refractivity contribution is -0.187. The number of aliphatic carboxylic acids is 1. The zero-order valence-corrected chi connectivity index (χ0v) is 15.4. The topological polar surface area (TPSA) is 72.9 Å². The number of alkyl halides is 3. The number of halogens is 3. The van der Waals surface area contributed by atoms with Gasteiger partial charge in [-0.15, -0.1) is 0 Å². The summed E-state index contributed by atoms with van der Waals surface area (Å²) in [5.41, 5.74) is 1.90. The van der Waals surface area contributed by atoms with E-state index in [-0.39, 0.29) is 6.54 Å². The molecule has 28 heavy (non-hydrogen) atoms. The summed E-state index contributed by atoms with van der Waals surface area (Å²) in [6.07, 6.45) is -1.26. The molecule has 0 aromatic heterocycles. The fourth-order valence-electron chi connectivity index (χ4n) is 3.94. The van der Waals surface area contributed by atoms with E-state index in [0.29, 0.717) is 0 Å². The summed E-state index contributed by atoms with van der Waals surface area (Å²) in [5.74, 6) is -5.21. The monoisotopic (exact) mass is 399 g/mol. The Morgan fingerprint density at radius 3 is 2.39 bits per heavy atom. The third-order valence-electron chi connectivity index (χ3n) is 5.46. The zero-order valence-electron chi connectivity index (χ0n) is 15.4. The molecule has 0 spiro atoms. The van der Waals surface area contributed by atoms with Gasteiger partial charge in [0.15, 0.2) is 0 Å². The molecule has 9 heteroatoms. The average Bonchev–Trinajstić information content (AvgIpc) is 3.13. The first-order chi connectivity index (χ1) is 13.3. The molecule has 0 bridgehead atoms. The van der Waals surface area contributed by atoms with E-state index in [0.717, 1.165) is 42.1 Å². The van der Waals surface area contributed by atoms with Crippen molar-refractivity contribution in [3.63, 3.8) is 0 Å². The van der Waals surface area contributed by atoms with Crippen LogP contribution in [0.4, 0.5) is 23.7 Å². The Bertz CT molecular complexity index is 720. The first kappa shape index (κ1) is 20.3. The van der Waals surface area contributed by atoms with E-state index in [2.05, 4.69) is 10.2 Å². The number of carboxylic acids is 1. The van der Waals surface area contributed by atoms with E-state index >= 15 is 0 Å². The number of rotatable bonds is 4. The molecule has 2 N–H and O–H groups in total. The van der Waals surface area contributed by atoms with Crippen molar-refractivity contribution < 1.29 is 27.9 Å². The van der Waals surface area contributed by atoms with Gasteiger partial charge >= 0.3 is 18.2 Å². The Labute approximate surface area is 161 Å². The first-order valence-corrected chi connectivity index (χ1v) is 9.42. The van der Waals surface area contributed by atoms with Crippen molar-refractivity contribution in [1.29, 1.82) is 0 Å². The molecule has 0 radical (unpaired) electrons. The van der Waals surface area contributed by atoms with Gasteiger partial charge in [-0.2, -0.15) is 13.2 Å². The number of nitrogens with one attached hydrogen (secondary N) is 1. The Hall–Kier alpha value is -2.45. The molecule has 2 amide bonds. The standard InChI is InChI=1S/C19H24F3N3O3/c20-19(21,22)15-12-25(11-14(15)17(26)27)18(28)23-10-13-6-2-3-7-16(13)24-8-4-1-5-9-24/h2-3,6-7,14-15H,1,4-5,8-12H2,(H,23,28)(H,26,27)/t14-,15-/m1/s1. The van der Waals surface area contributed by atoms with Crippen LogP contribution >= 0.6 is 0 Å². The van der Waals surface area contributed by atoms with Crippen LogP contribution in [0.2, 0.25) is 0 Å². The number of urea groups is 1. The van der Waals surface area contributed by atoms with Gasteiger partial charge in [-0.3, -0.25) is 4.79 Å². The molecule has 0 aliphatic carbocycles. The number of carbonyl (C=O) groups is 2. The number of benzene rings is 1. The highest BCUT2D eigenvalue weighted by Gasteiger charge is 2.53. The fourth-order valence-corrected chi connectivity index (χ4v) is 3.94. The molecular weight excluding hydrogens is 375 g/mol. The minimum atomic E-state index is -4.65. The van der Waals surface area contributed by atoms with Gasteiger partial charge in [-0.05, 0) is 30.9 Å². The van der Waals surface area contributed by atoms with E-state index in [1.54, 1.807) is 0 Å². The maximum Gasteiger partial charge on any atom is 0.394 e. The fraction of sp³-hybridized carbons (Fsp3) is 0.579. The lowest BCUT2D eigenvalue weighted by Crippen LogP contribution is -2.39. The normalized spacial score (nSPS) is 23.0. The van der Waals surface area contributed by atoms with Crippen LogP contribution in [0.5, 0.6) is 0 Å². The van der Waals surface area contributed by atoms with E-state index in [1.165, 1.54) is 6.42 Å². The summed E-state index contributed by atoms with van der Waals surface area (Å²) < 4.78 is 39.3. The van der Waals surface area contributed by atoms with Gasteiger partial charge in [-0.1, -0.05) is 18.2 Å². The smallest absolute Gasteiger partial charge is 0.394 e. The molecule has 1 aromatic rings. The number of carbonyl (C=O) groups excluding carboxylic acids is 1. The molecule has 2 heterocycles. The molecule has 3 rings (SSSR count). The van der Waals surface area contributed by atoms with Gasteiger partial charge in [0.1, 0.15) is 0 Å². The molecule has 154 valence electrons. The largest absolute Gasteiger partial charge is 0.481 e. The van der Waals surface area contributed by atoms with E-state index in [4.69, 9.17) is 5.11 Å². The van der Waals surface area contributed by atoms with Crippen LogP contribution in [0.1, 0.15) is 24.8 Å². The Balaban J connectivity index is 1.64. The summed E-state index contributed by atoms with van der Waals surface area (Å²) in [5, 5.41) is 11.7. The van der Waals surface area contributed by atoms with Gasteiger partial charge in [-0.25, -0.2) is 4.79 Å². The van der Waals surface area contributed by atoms with Crippen molar-refractivity contribution in [2.75, 3.05) is 31.1 Å². The van der Waals surface area contributed by atoms with Crippen LogP contribution in [-0.2, 0) is 11.3 Å². The average molecular weight is 399 g/mol. The van der Waals surface area contributed by atoms with Crippen molar-refractivity contribution in [1.82, 2.24) is 10.2 Å². The van der Waals surface area contributed by atoms with E-state index < -0.39 is 43.1 Å². The second kappa shape index (κ2) is 8.28.